The summed E-state index contributed by atoms with van der Waals surface area (Å²) in [6, 6.07) is 31.2. The van der Waals surface area contributed by atoms with Crippen LogP contribution in [0.5, 0.6) is 0 Å². The highest BCUT2D eigenvalue weighted by molar-refractivity contribution is 6.10. The topological polar surface area (TPSA) is 74.5 Å². The molecule has 38 heavy (non-hydrogen) atoms. The molecule has 0 saturated carbocycles. The van der Waals surface area contributed by atoms with Gasteiger partial charge in [-0.1, -0.05) is 42.5 Å². The molecule has 1 amide bonds. The monoisotopic (exact) mass is 499 g/mol. The molecule has 7 heteroatoms. The van der Waals surface area contributed by atoms with Gasteiger partial charge in [0.05, 0.1) is 11.3 Å². The van der Waals surface area contributed by atoms with Gasteiger partial charge in [-0.15, -0.1) is 0 Å². The minimum atomic E-state index is -0.165. The zero-order chi connectivity index (χ0) is 26.1. The Bertz CT molecular complexity index is 1740. The molecule has 2 aromatic heterocycles. The molecule has 6 rings (SSSR count). The fourth-order valence-corrected chi connectivity index (χ4v) is 4.67. The molecule has 4 aromatic carbocycles. The molecule has 0 fully saturated rings. The summed E-state index contributed by atoms with van der Waals surface area (Å²) in [5.74, 6) is 0.534. The Kier molecular flexibility index (Phi) is 5.94. The van der Waals surface area contributed by atoms with Crippen molar-refractivity contribution in [3.8, 4) is 0 Å². The van der Waals surface area contributed by atoms with Crippen molar-refractivity contribution >= 4 is 56.4 Å². The minimum absolute atomic E-state index is 0.165. The number of anilines is 5. The standard InChI is InChI=1S/C31H25N5O2/c1-35(2)26-11-5-3-9-25(26)31(37)34-21-14-16-22(17-15-21)36(29-18-19-32-20-33-29)27-12-7-10-24-23-8-4-6-13-28(23)38-30(24)27/h3-20H,1-2H3,(H,34,37). The lowest BCUT2D eigenvalue weighted by Gasteiger charge is -2.24. The smallest absolute Gasteiger partial charge is 0.257 e. The fraction of sp³-hybridized carbons (Fsp3) is 0.0645. The number of amides is 1. The van der Waals surface area contributed by atoms with Crippen molar-refractivity contribution in [2.45, 2.75) is 0 Å². The Labute approximate surface area is 220 Å². The van der Waals surface area contributed by atoms with Crippen LogP contribution in [0.15, 0.2) is 114 Å². The van der Waals surface area contributed by atoms with E-state index >= 15 is 0 Å². The fourth-order valence-electron chi connectivity index (χ4n) is 4.67. The number of hydrogen-bond donors (Lipinski definition) is 1. The highest BCUT2D eigenvalue weighted by Crippen LogP contribution is 2.41. The molecule has 0 aliphatic heterocycles. The quantitative estimate of drug-likeness (QED) is 0.262. The van der Waals surface area contributed by atoms with Crippen LogP contribution in [0.25, 0.3) is 21.9 Å². The molecule has 186 valence electrons. The lowest BCUT2D eigenvalue weighted by atomic mass is 10.1. The van der Waals surface area contributed by atoms with E-state index in [2.05, 4.69) is 27.4 Å². The molecule has 0 radical (unpaired) electrons. The number of carbonyl (C=O) groups is 1. The molecule has 0 saturated heterocycles. The van der Waals surface area contributed by atoms with Crippen molar-refractivity contribution in [3.63, 3.8) is 0 Å². The second kappa shape index (κ2) is 9.71. The predicted octanol–water partition coefficient (Wildman–Crippen LogP) is 7.16. The van der Waals surface area contributed by atoms with Gasteiger partial charge in [0, 0.05) is 48.1 Å². The predicted molar refractivity (Wildman–Crippen MR) is 153 cm³/mol. The third-order valence-corrected chi connectivity index (χ3v) is 6.43. The summed E-state index contributed by atoms with van der Waals surface area (Å²) in [6.45, 7) is 0. The lowest BCUT2D eigenvalue weighted by molar-refractivity contribution is 0.102. The van der Waals surface area contributed by atoms with Gasteiger partial charge in [-0.2, -0.15) is 0 Å². The number of benzene rings is 4. The van der Waals surface area contributed by atoms with Crippen LogP contribution in [0, 0.1) is 0 Å². The van der Waals surface area contributed by atoms with E-state index in [0.29, 0.717) is 17.1 Å². The summed E-state index contributed by atoms with van der Waals surface area (Å²) in [6.07, 6.45) is 3.24. The molecule has 0 aliphatic carbocycles. The molecule has 2 heterocycles. The highest BCUT2D eigenvalue weighted by Gasteiger charge is 2.20. The summed E-state index contributed by atoms with van der Waals surface area (Å²) in [4.78, 5) is 25.6. The van der Waals surface area contributed by atoms with Gasteiger partial charge in [-0.3, -0.25) is 9.69 Å². The molecule has 0 spiro atoms. The van der Waals surface area contributed by atoms with Gasteiger partial charge in [0.25, 0.3) is 5.91 Å². The molecular formula is C31H25N5O2. The number of nitrogens with one attached hydrogen (secondary N) is 1. The average molecular weight is 500 g/mol. The molecule has 6 aromatic rings. The van der Waals surface area contributed by atoms with Gasteiger partial charge >= 0.3 is 0 Å². The van der Waals surface area contributed by atoms with Crippen LogP contribution < -0.4 is 15.1 Å². The van der Waals surface area contributed by atoms with Crippen LogP contribution >= 0.6 is 0 Å². The normalized spacial score (nSPS) is 11.0. The number of carbonyl (C=O) groups excluding carboxylic acids is 1. The van der Waals surface area contributed by atoms with E-state index in [1.807, 2.05) is 109 Å². The van der Waals surface area contributed by atoms with Crippen LogP contribution in [0.3, 0.4) is 0 Å². The summed E-state index contributed by atoms with van der Waals surface area (Å²) in [5, 5.41) is 5.10. The van der Waals surface area contributed by atoms with Crippen molar-refractivity contribution in [2.24, 2.45) is 0 Å². The number of rotatable bonds is 6. The molecular weight excluding hydrogens is 474 g/mol. The largest absolute Gasteiger partial charge is 0.454 e. The number of para-hydroxylation sites is 3. The maximum atomic E-state index is 13.1. The third-order valence-electron chi connectivity index (χ3n) is 6.43. The van der Waals surface area contributed by atoms with Crippen molar-refractivity contribution in [1.82, 2.24) is 9.97 Å². The van der Waals surface area contributed by atoms with E-state index in [4.69, 9.17) is 4.42 Å². The Morgan fingerprint density at radius 2 is 1.53 bits per heavy atom. The maximum Gasteiger partial charge on any atom is 0.257 e. The molecule has 1 N–H and O–H groups in total. The second-order valence-corrected chi connectivity index (χ2v) is 9.07. The first-order chi connectivity index (χ1) is 18.6. The molecule has 0 atom stereocenters. The Hall–Kier alpha value is -5.17. The molecule has 0 bridgehead atoms. The van der Waals surface area contributed by atoms with Crippen molar-refractivity contribution in [1.29, 1.82) is 0 Å². The van der Waals surface area contributed by atoms with Crippen LogP contribution in [0.4, 0.5) is 28.6 Å². The summed E-state index contributed by atoms with van der Waals surface area (Å²) in [5.41, 5.74) is 5.48. The third kappa shape index (κ3) is 4.20. The Morgan fingerprint density at radius 3 is 2.32 bits per heavy atom. The minimum Gasteiger partial charge on any atom is -0.454 e. The molecule has 0 aliphatic rings. The SMILES string of the molecule is CN(C)c1ccccc1C(=O)Nc1ccc(N(c2ccncn2)c2cccc3c2oc2ccccc23)cc1. The Balaban J connectivity index is 1.39. The zero-order valence-electron chi connectivity index (χ0n) is 21.0. The van der Waals surface area contributed by atoms with Crippen LogP contribution in [0.2, 0.25) is 0 Å². The number of furan rings is 1. The number of hydrogen-bond acceptors (Lipinski definition) is 6. The van der Waals surface area contributed by atoms with Crippen molar-refractivity contribution in [3.05, 3.63) is 115 Å². The van der Waals surface area contributed by atoms with E-state index in [0.717, 1.165) is 39.0 Å². The van der Waals surface area contributed by atoms with Crippen molar-refractivity contribution in [2.75, 3.05) is 29.2 Å². The van der Waals surface area contributed by atoms with E-state index in [1.54, 1.807) is 6.20 Å². The van der Waals surface area contributed by atoms with E-state index < -0.39 is 0 Å². The summed E-state index contributed by atoms with van der Waals surface area (Å²) in [7, 11) is 3.84. The second-order valence-electron chi connectivity index (χ2n) is 9.07. The molecule has 7 nitrogen and oxygen atoms in total. The number of fused-ring (bicyclic) bond motifs is 3. The van der Waals surface area contributed by atoms with E-state index in [-0.39, 0.29) is 5.91 Å². The average Bonchev–Trinajstić information content (AvgIpc) is 3.34. The van der Waals surface area contributed by atoms with Gasteiger partial charge in [0.1, 0.15) is 17.7 Å². The van der Waals surface area contributed by atoms with E-state index in [1.165, 1.54) is 6.33 Å². The van der Waals surface area contributed by atoms with Gasteiger partial charge in [0.15, 0.2) is 5.58 Å². The van der Waals surface area contributed by atoms with Crippen LogP contribution in [-0.4, -0.2) is 30.0 Å². The van der Waals surface area contributed by atoms with Gasteiger partial charge in [0.2, 0.25) is 0 Å². The number of nitrogens with zero attached hydrogens (tertiary/aromatic N) is 4. The van der Waals surface area contributed by atoms with Gasteiger partial charge in [-0.25, -0.2) is 9.97 Å². The first kappa shape index (κ1) is 23.2. The highest BCUT2D eigenvalue weighted by atomic mass is 16.3. The van der Waals surface area contributed by atoms with Gasteiger partial charge in [-0.05, 0) is 54.6 Å². The van der Waals surface area contributed by atoms with Crippen molar-refractivity contribution < 1.29 is 9.21 Å². The summed E-state index contributed by atoms with van der Waals surface area (Å²) >= 11 is 0. The summed E-state index contributed by atoms with van der Waals surface area (Å²) < 4.78 is 6.32. The first-order valence-corrected chi connectivity index (χ1v) is 12.2. The number of aromatic nitrogens is 2. The van der Waals surface area contributed by atoms with Crippen LogP contribution in [0.1, 0.15) is 10.4 Å². The van der Waals surface area contributed by atoms with Crippen LogP contribution in [-0.2, 0) is 0 Å². The lowest BCUT2D eigenvalue weighted by Crippen LogP contribution is -2.18. The zero-order valence-corrected chi connectivity index (χ0v) is 21.0. The van der Waals surface area contributed by atoms with E-state index in [9.17, 15) is 4.79 Å². The molecule has 0 unspecified atom stereocenters. The van der Waals surface area contributed by atoms with Gasteiger partial charge < -0.3 is 14.6 Å². The first-order valence-electron chi connectivity index (χ1n) is 12.2. The maximum absolute atomic E-state index is 13.1. The Morgan fingerprint density at radius 1 is 0.789 bits per heavy atom.